The van der Waals surface area contributed by atoms with Crippen LogP contribution in [0.15, 0.2) is 59.5 Å². The Balaban J connectivity index is 2.07. The van der Waals surface area contributed by atoms with Crippen LogP contribution in [0.4, 0.5) is 10.5 Å². The number of amides is 3. The zero-order chi connectivity index (χ0) is 18.4. The monoisotopic (exact) mass is 362 g/mol. The van der Waals surface area contributed by atoms with E-state index in [1.165, 1.54) is 24.3 Å². The molecule has 0 bridgehead atoms. The Bertz CT molecular complexity index is 851. The van der Waals surface area contributed by atoms with Crippen molar-refractivity contribution in [3.8, 4) is 0 Å². The van der Waals surface area contributed by atoms with Crippen molar-refractivity contribution >= 4 is 27.6 Å². The van der Waals surface area contributed by atoms with Gasteiger partial charge in [0.1, 0.15) is 0 Å². The third kappa shape index (κ3) is 5.59. The van der Waals surface area contributed by atoms with Gasteiger partial charge in [-0.2, -0.15) is 0 Å². The number of rotatable bonds is 6. The van der Waals surface area contributed by atoms with E-state index in [2.05, 4.69) is 10.6 Å². The summed E-state index contributed by atoms with van der Waals surface area (Å²) in [5.74, 6) is -0.369. The molecule has 0 aliphatic heterocycles. The minimum absolute atomic E-state index is 0.0378. The molecule has 8 nitrogen and oxygen atoms in total. The predicted molar refractivity (Wildman–Crippen MR) is 93.0 cm³/mol. The van der Waals surface area contributed by atoms with Crippen LogP contribution in [0.3, 0.4) is 0 Å². The number of primary amides is 1. The lowest BCUT2D eigenvalue weighted by Crippen LogP contribution is -2.35. The molecule has 0 spiro atoms. The molecule has 0 fully saturated rings. The molecular weight excluding hydrogens is 344 g/mol. The lowest BCUT2D eigenvalue weighted by atomic mass is 10.0. The van der Waals surface area contributed by atoms with Crippen molar-refractivity contribution in [2.75, 3.05) is 5.32 Å². The van der Waals surface area contributed by atoms with Crippen LogP contribution in [-0.2, 0) is 14.8 Å². The molecule has 3 amide bonds. The first-order chi connectivity index (χ1) is 11.8. The minimum atomic E-state index is -3.79. The highest BCUT2D eigenvalue weighted by atomic mass is 32.2. The van der Waals surface area contributed by atoms with Gasteiger partial charge in [0.05, 0.1) is 17.4 Å². The fourth-order valence-corrected chi connectivity index (χ4v) is 2.75. The van der Waals surface area contributed by atoms with Gasteiger partial charge in [0.15, 0.2) is 0 Å². The van der Waals surface area contributed by atoms with Crippen LogP contribution in [0.5, 0.6) is 0 Å². The van der Waals surface area contributed by atoms with E-state index in [0.29, 0.717) is 5.69 Å². The summed E-state index contributed by atoms with van der Waals surface area (Å²) in [6, 6.07) is 13.1. The number of sulfonamides is 1. The molecule has 0 saturated carbocycles. The topological polar surface area (TPSA) is 144 Å². The number of benzene rings is 2. The number of primary sulfonamides is 1. The predicted octanol–water partition coefficient (Wildman–Crippen LogP) is 1.07. The summed E-state index contributed by atoms with van der Waals surface area (Å²) < 4.78 is 22.4. The molecule has 0 radical (unpaired) electrons. The summed E-state index contributed by atoms with van der Waals surface area (Å²) in [5.41, 5.74) is 6.31. The van der Waals surface area contributed by atoms with E-state index in [-0.39, 0.29) is 17.2 Å². The Hall–Kier alpha value is -2.91. The number of hydrogen-bond donors (Lipinski definition) is 4. The quantitative estimate of drug-likeness (QED) is 0.609. The van der Waals surface area contributed by atoms with Crippen molar-refractivity contribution in [1.29, 1.82) is 0 Å². The van der Waals surface area contributed by atoms with E-state index in [1.807, 2.05) is 6.07 Å². The van der Waals surface area contributed by atoms with Gasteiger partial charge in [0, 0.05) is 5.69 Å². The van der Waals surface area contributed by atoms with Gasteiger partial charge in [-0.3, -0.25) is 4.79 Å². The number of carbonyl (C=O) groups excluding carboxylic acids is 2. The van der Waals surface area contributed by atoms with Gasteiger partial charge >= 0.3 is 6.03 Å². The van der Waals surface area contributed by atoms with Gasteiger partial charge in [-0.05, 0) is 29.8 Å². The number of carbonyl (C=O) groups is 2. The number of nitrogens with one attached hydrogen (secondary N) is 2. The first-order valence-corrected chi connectivity index (χ1v) is 8.84. The van der Waals surface area contributed by atoms with Crippen LogP contribution in [-0.4, -0.2) is 20.4 Å². The molecule has 2 aromatic rings. The van der Waals surface area contributed by atoms with E-state index in [0.717, 1.165) is 5.56 Å². The molecule has 25 heavy (non-hydrogen) atoms. The zero-order valence-electron chi connectivity index (χ0n) is 13.2. The number of nitrogens with two attached hydrogens (primary N) is 2. The van der Waals surface area contributed by atoms with Crippen molar-refractivity contribution in [2.24, 2.45) is 10.9 Å². The molecule has 0 aliphatic carbocycles. The average Bonchev–Trinajstić information content (AvgIpc) is 2.54. The fraction of sp³-hybridized carbons (Fsp3) is 0.125. The highest BCUT2D eigenvalue weighted by molar-refractivity contribution is 7.89. The smallest absolute Gasteiger partial charge is 0.312 e. The van der Waals surface area contributed by atoms with Crippen molar-refractivity contribution < 1.29 is 18.0 Å². The van der Waals surface area contributed by atoms with Gasteiger partial charge in [-0.1, -0.05) is 30.3 Å². The van der Waals surface area contributed by atoms with E-state index < -0.39 is 22.1 Å². The van der Waals surface area contributed by atoms with Crippen molar-refractivity contribution in [1.82, 2.24) is 5.32 Å². The molecule has 0 aromatic heterocycles. The van der Waals surface area contributed by atoms with Crippen LogP contribution < -0.4 is 21.5 Å². The van der Waals surface area contributed by atoms with E-state index in [1.54, 1.807) is 24.3 Å². The number of anilines is 1. The fourth-order valence-electron chi connectivity index (χ4n) is 2.23. The van der Waals surface area contributed by atoms with Crippen LogP contribution >= 0.6 is 0 Å². The first-order valence-electron chi connectivity index (χ1n) is 7.29. The Kier molecular flexibility index (Phi) is 5.73. The second-order valence-corrected chi connectivity index (χ2v) is 6.85. The zero-order valence-corrected chi connectivity index (χ0v) is 14.0. The van der Waals surface area contributed by atoms with Gasteiger partial charge < -0.3 is 16.4 Å². The summed E-state index contributed by atoms with van der Waals surface area (Å²) >= 11 is 0. The SMILES string of the molecule is NC(=O)NC(CC(=O)Nc1ccc(S(N)(=O)=O)cc1)c1ccccc1. The highest BCUT2D eigenvalue weighted by Crippen LogP contribution is 2.18. The van der Waals surface area contributed by atoms with Crippen LogP contribution in [0.25, 0.3) is 0 Å². The maximum atomic E-state index is 12.2. The maximum absolute atomic E-state index is 12.2. The van der Waals surface area contributed by atoms with Crippen molar-refractivity contribution in [3.63, 3.8) is 0 Å². The molecule has 6 N–H and O–H groups in total. The molecule has 132 valence electrons. The Labute approximate surface area is 145 Å². The van der Waals surface area contributed by atoms with Crippen LogP contribution in [0.1, 0.15) is 18.0 Å². The van der Waals surface area contributed by atoms with E-state index >= 15 is 0 Å². The number of hydrogen-bond acceptors (Lipinski definition) is 4. The Morgan fingerprint density at radius 2 is 1.60 bits per heavy atom. The van der Waals surface area contributed by atoms with E-state index in [4.69, 9.17) is 10.9 Å². The molecular formula is C16H18N4O4S. The van der Waals surface area contributed by atoms with Crippen molar-refractivity contribution in [2.45, 2.75) is 17.4 Å². The first kappa shape index (κ1) is 18.4. The van der Waals surface area contributed by atoms with Gasteiger partial charge in [-0.15, -0.1) is 0 Å². The summed E-state index contributed by atoms with van der Waals surface area (Å²) in [4.78, 5) is 23.3. The van der Waals surface area contributed by atoms with Crippen LogP contribution in [0, 0.1) is 0 Å². The summed E-state index contributed by atoms with van der Waals surface area (Å²) in [7, 11) is -3.79. The summed E-state index contributed by atoms with van der Waals surface area (Å²) in [6.07, 6.45) is -0.0378. The normalized spacial score (nSPS) is 12.2. The molecule has 1 unspecified atom stereocenters. The van der Waals surface area contributed by atoms with Gasteiger partial charge in [-0.25, -0.2) is 18.4 Å². The lowest BCUT2D eigenvalue weighted by molar-refractivity contribution is -0.116. The van der Waals surface area contributed by atoms with Crippen LogP contribution in [0.2, 0.25) is 0 Å². The second-order valence-electron chi connectivity index (χ2n) is 5.29. The summed E-state index contributed by atoms with van der Waals surface area (Å²) in [5, 5.41) is 10.2. The van der Waals surface area contributed by atoms with Crippen molar-refractivity contribution in [3.05, 3.63) is 60.2 Å². The highest BCUT2D eigenvalue weighted by Gasteiger charge is 2.17. The van der Waals surface area contributed by atoms with Gasteiger partial charge in [0.2, 0.25) is 15.9 Å². The van der Waals surface area contributed by atoms with E-state index in [9.17, 15) is 18.0 Å². The second kappa shape index (κ2) is 7.77. The molecule has 9 heteroatoms. The Morgan fingerprint density at radius 1 is 1.00 bits per heavy atom. The molecule has 0 aliphatic rings. The molecule has 1 atom stereocenters. The Morgan fingerprint density at radius 3 is 2.12 bits per heavy atom. The summed E-state index contributed by atoms with van der Waals surface area (Å²) in [6.45, 7) is 0. The lowest BCUT2D eigenvalue weighted by Gasteiger charge is -2.17. The minimum Gasteiger partial charge on any atom is -0.352 e. The third-order valence-electron chi connectivity index (χ3n) is 3.37. The number of urea groups is 1. The molecule has 2 rings (SSSR count). The largest absolute Gasteiger partial charge is 0.352 e. The molecule has 0 heterocycles. The molecule has 0 saturated heterocycles. The maximum Gasteiger partial charge on any atom is 0.312 e. The average molecular weight is 362 g/mol. The third-order valence-corrected chi connectivity index (χ3v) is 4.30. The molecule has 2 aromatic carbocycles. The standard InChI is InChI=1S/C16H18N4O4S/c17-16(22)20-14(11-4-2-1-3-5-11)10-15(21)19-12-6-8-13(9-7-12)25(18,23)24/h1-9,14H,10H2,(H,19,21)(H3,17,20,22)(H2,18,23,24). The van der Waals surface area contributed by atoms with Gasteiger partial charge in [0.25, 0.3) is 0 Å².